The van der Waals surface area contributed by atoms with Crippen molar-refractivity contribution < 1.29 is 14.2 Å². The van der Waals surface area contributed by atoms with Gasteiger partial charge in [0.1, 0.15) is 6.61 Å². The Morgan fingerprint density at radius 1 is 1.14 bits per heavy atom. The highest BCUT2D eigenvalue weighted by Crippen LogP contribution is 2.31. The van der Waals surface area contributed by atoms with Gasteiger partial charge in [0, 0.05) is 12.2 Å². The highest BCUT2D eigenvalue weighted by molar-refractivity contribution is 5.44. The standard InChI is InChI=1S/C16H20N2O3/c1-11(17)12-6-7-14(15(9-12)19-2)21-10-13-5-4-8-18-16(13)20-3/h4-9,11H,10,17H2,1-3H3/t11-/m0/s1. The van der Waals surface area contributed by atoms with Gasteiger partial charge < -0.3 is 19.9 Å². The monoisotopic (exact) mass is 288 g/mol. The van der Waals surface area contributed by atoms with Crippen LogP contribution in [0.2, 0.25) is 0 Å². The van der Waals surface area contributed by atoms with Crippen molar-refractivity contribution in [3.63, 3.8) is 0 Å². The van der Waals surface area contributed by atoms with Crippen molar-refractivity contribution in [2.75, 3.05) is 14.2 Å². The molecule has 0 aliphatic heterocycles. The second kappa shape index (κ2) is 6.95. The minimum atomic E-state index is -0.0497. The number of nitrogens with zero attached hydrogens (tertiary/aromatic N) is 1. The third-order valence-electron chi connectivity index (χ3n) is 3.14. The average molecular weight is 288 g/mol. The SMILES string of the molecule is COc1cc([C@H](C)N)ccc1OCc1cccnc1OC. The van der Waals surface area contributed by atoms with Gasteiger partial charge in [-0.2, -0.15) is 0 Å². The Hall–Kier alpha value is -2.27. The lowest BCUT2D eigenvalue weighted by atomic mass is 10.1. The number of ether oxygens (including phenoxy) is 3. The number of aromatic nitrogens is 1. The van der Waals surface area contributed by atoms with Gasteiger partial charge in [-0.05, 0) is 36.8 Å². The van der Waals surface area contributed by atoms with Crippen molar-refractivity contribution in [2.24, 2.45) is 5.73 Å². The minimum Gasteiger partial charge on any atom is -0.493 e. The molecule has 0 spiro atoms. The van der Waals surface area contributed by atoms with Crippen LogP contribution < -0.4 is 19.9 Å². The number of pyridine rings is 1. The lowest BCUT2D eigenvalue weighted by molar-refractivity contribution is 0.276. The molecule has 0 saturated carbocycles. The van der Waals surface area contributed by atoms with Crippen LogP contribution in [-0.4, -0.2) is 19.2 Å². The van der Waals surface area contributed by atoms with E-state index < -0.39 is 0 Å². The second-order valence-electron chi connectivity index (χ2n) is 4.66. The summed E-state index contributed by atoms with van der Waals surface area (Å²) in [4.78, 5) is 4.14. The van der Waals surface area contributed by atoms with E-state index in [-0.39, 0.29) is 6.04 Å². The molecule has 0 aliphatic carbocycles. The first-order valence-electron chi connectivity index (χ1n) is 6.70. The van der Waals surface area contributed by atoms with E-state index in [4.69, 9.17) is 19.9 Å². The predicted octanol–water partition coefficient (Wildman–Crippen LogP) is 2.70. The fourth-order valence-corrected chi connectivity index (χ4v) is 1.96. The zero-order chi connectivity index (χ0) is 15.2. The molecule has 5 heteroatoms. The molecule has 1 heterocycles. The Morgan fingerprint density at radius 3 is 2.62 bits per heavy atom. The molecule has 2 rings (SSSR count). The lowest BCUT2D eigenvalue weighted by Gasteiger charge is -2.14. The van der Waals surface area contributed by atoms with Gasteiger partial charge in [-0.1, -0.05) is 6.07 Å². The quantitative estimate of drug-likeness (QED) is 0.885. The van der Waals surface area contributed by atoms with Crippen LogP contribution in [0.15, 0.2) is 36.5 Å². The Balaban J connectivity index is 2.16. The summed E-state index contributed by atoms with van der Waals surface area (Å²) in [7, 11) is 3.20. The van der Waals surface area contributed by atoms with Crippen LogP contribution >= 0.6 is 0 Å². The fourth-order valence-electron chi connectivity index (χ4n) is 1.96. The maximum absolute atomic E-state index is 5.87. The normalized spacial score (nSPS) is 11.8. The van der Waals surface area contributed by atoms with Crippen LogP contribution in [0, 0.1) is 0 Å². The third-order valence-corrected chi connectivity index (χ3v) is 3.14. The molecule has 1 aromatic carbocycles. The first-order chi connectivity index (χ1) is 10.2. The fraction of sp³-hybridized carbons (Fsp3) is 0.312. The average Bonchev–Trinajstić information content (AvgIpc) is 2.52. The number of rotatable bonds is 6. The van der Waals surface area contributed by atoms with E-state index in [0.29, 0.717) is 24.0 Å². The summed E-state index contributed by atoms with van der Waals surface area (Å²) in [6.07, 6.45) is 1.68. The molecule has 0 bridgehead atoms. The topological polar surface area (TPSA) is 66.6 Å². The molecular formula is C16H20N2O3. The van der Waals surface area contributed by atoms with Gasteiger partial charge in [0.05, 0.1) is 19.8 Å². The third kappa shape index (κ3) is 3.64. The molecule has 0 amide bonds. The van der Waals surface area contributed by atoms with Gasteiger partial charge in [0.25, 0.3) is 0 Å². The van der Waals surface area contributed by atoms with Crippen molar-refractivity contribution >= 4 is 0 Å². The van der Waals surface area contributed by atoms with E-state index in [1.54, 1.807) is 20.4 Å². The molecule has 0 radical (unpaired) electrons. The van der Waals surface area contributed by atoms with Gasteiger partial charge >= 0.3 is 0 Å². The lowest BCUT2D eigenvalue weighted by Crippen LogP contribution is -2.06. The Kier molecular flexibility index (Phi) is 5.00. The number of benzene rings is 1. The molecule has 2 N–H and O–H groups in total. The summed E-state index contributed by atoms with van der Waals surface area (Å²) in [5.74, 6) is 1.88. The second-order valence-corrected chi connectivity index (χ2v) is 4.66. The van der Waals surface area contributed by atoms with E-state index in [9.17, 15) is 0 Å². The van der Waals surface area contributed by atoms with Crippen LogP contribution in [0.4, 0.5) is 0 Å². The molecular weight excluding hydrogens is 268 g/mol. The van der Waals surface area contributed by atoms with E-state index in [2.05, 4.69) is 4.98 Å². The minimum absolute atomic E-state index is 0.0497. The van der Waals surface area contributed by atoms with Gasteiger partial charge in [0.15, 0.2) is 11.5 Å². The molecule has 1 atom stereocenters. The molecule has 0 saturated heterocycles. The molecule has 21 heavy (non-hydrogen) atoms. The van der Waals surface area contributed by atoms with Crippen molar-refractivity contribution in [1.82, 2.24) is 4.98 Å². The maximum Gasteiger partial charge on any atom is 0.219 e. The molecule has 1 aromatic heterocycles. The van der Waals surface area contributed by atoms with E-state index in [1.807, 2.05) is 37.3 Å². The van der Waals surface area contributed by atoms with E-state index >= 15 is 0 Å². The Labute approximate surface area is 124 Å². The summed E-state index contributed by atoms with van der Waals surface area (Å²) < 4.78 is 16.4. The highest BCUT2D eigenvalue weighted by Gasteiger charge is 2.10. The molecule has 0 unspecified atom stereocenters. The van der Waals surface area contributed by atoms with Gasteiger partial charge in [0.2, 0.25) is 5.88 Å². The van der Waals surface area contributed by atoms with Crippen molar-refractivity contribution in [3.05, 3.63) is 47.7 Å². The Bertz CT molecular complexity index is 600. The van der Waals surface area contributed by atoms with Crippen LogP contribution in [0.5, 0.6) is 17.4 Å². The van der Waals surface area contributed by atoms with Crippen LogP contribution in [0.1, 0.15) is 24.1 Å². The zero-order valence-corrected chi connectivity index (χ0v) is 12.5. The first-order valence-corrected chi connectivity index (χ1v) is 6.70. The number of hydrogen-bond donors (Lipinski definition) is 1. The van der Waals surface area contributed by atoms with Gasteiger partial charge in [-0.25, -0.2) is 4.98 Å². The molecule has 2 aromatic rings. The molecule has 0 fully saturated rings. The van der Waals surface area contributed by atoms with Gasteiger partial charge in [-0.15, -0.1) is 0 Å². The summed E-state index contributed by atoms with van der Waals surface area (Å²) >= 11 is 0. The maximum atomic E-state index is 5.87. The molecule has 5 nitrogen and oxygen atoms in total. The van der Waals surface area contributed by atoms with E-state index in [1.165, 1.54) is 0 Å². The van der Waals surface area contributed by atoms with Crippen LogP contribution in [0.3, 0.4) is 0 Å². The summed E-state index contributed by atoms with van der Waals surface area (Å²) in [5, 5.41) is 0. The van der Waals surface area contributed by atoms with Crippen LogP contribution in [0.25, 0.3) is 0 Å². The summed E-state index contributed by atoms with van der Waals surface area (Å²) in [6, 6.07) is 9.39. The molecule has 0 aliphatic rings. The number of nitrogens with two attached hydrogens (primary N) is 1. The first kappa shape index (κ1) is 15.1. The highest BCUT2D eigenvalue weighted by atomic mass is 16.5. The molecule has 112 valence electrons. The summed E-state index contributed by atoms with van der Waals surface area (Å²) in [6.45, 7) is 2.28. The number of hydrogen-bond acceptors (Lipinski definition) is 5. The smallest absolute Gasteiger partial charge is 0.219 e. The Morgan fingerprint density at radius 2 is 1.95 bits per heavy atom. The van der Waals surface area contributed by atoms with Gasteiger partial charge in [-0.3, -0.25) is 0 Å². The van der Waals surface area contributed by atoms with Crippen molar-refractivity contribution in [2.45, 2.75) is 19.6 Å². The van der Waals surface area contributed by atoms with E-state index in [0.717, 1.165) is 11.1 Å². The zero-order valence-electron chi connectivity index (χ0n) is 12.5. The summed E-state index contributed by atoms with van der Waals surface area (Å²) in [5.41, 5.74) is 7.74. The van der Waals surface area contributed by atoms with Crippen molar-refractivity contribution in [1.29, 1.82) is 0 Å². The predicted molar refractivity (Wildman–Crippen MR) is 80.7 cm³/mol. The van der Waals surface area contributed by atoms with Crippen molar-refractivity contribution in [3.8, 4) is 17.4 Å². The number of methoxy groups -OCH3 is 2. The van der Waals surface area contributed by atoms with Crippen LogP contribution in [-0.2, 0) is 6.61 Å². The largest absolute Gasteiger partial charge is 0.493 e.